The molecule has 3 rings (SSSR count). The normalized spacial score (nSPS) is 11.0. The Kier molecular flexibility index (Phi) is 5.74. The molecule has 0 saturated carbocycles. The zero-order valence-electron chi connectivity index (χ0n) is 15.8. The molecule has 7 nitrogen and oxygen atoms in total. The number of aromatic hydroxyl groups is 1. The van der Waals surface area contributed by atoms with Gasteiger partial charge in [-0.05, 0) is 48.9 Å². The first-order chi connectivity index (χ1) is 13.8. The molecule has 0 spiro atoms. The molecule has 0 aliphatic rings. The lowest BCUT2D eigenvalue weighted by atomic mass is 10.1. The van der Waals surface area contributed by atoms with E-state index in [0.717, 1.165) is 0 Å². The van der Waals surface area contributed by atoms with Gasteiger partial charge in [-0.1, -0.05) is 30.3 Å². The number of ether oxygens (including phenoxy) is 1. The van der Waals surface area contributed by atoms with Crippen LogP contribution in [0.15, 0.2) is 71.6 Å². The van der Waals surface area contributed by atoms with Gasteiger partial charge in [-0.25, -0.2) is 8.42 Å². The molecule has 0 unspecified atom stereocenters. The molecule has 0 aromatic heterocycles. The maximum Gasteiger partial charge on any atom is 0.262 e. The van der Waals surface area contributed by atoms with E-state index in [2.05, 4.69) is 10.0 Å². The van der Waals surface area contributed by atoms with Crippen LogP contribution in [-0.4, -0.2) is 26.5 Å². The van der Waals surface area contributed by atoms with Crippen molar-refractivity contribution < 1.29 is 23.1 Å². The van der Waals surface area contributed by atoms with E-state index in [1.807, 2.05) is 0 Å². The van der Waals surface area contributed by atoms with Gasteiger partial charge in [0.25, 0.3) is 15.9 Å². The van der Waals surface area contributed by atoms with Crippen LogP contribution in [0.4, 0.5) is 11.4 Å². The highest BCUT2D eigenvalue weighted by atomic mass is 32.2. The molecule has 0 heterocycles. The van der Waals surface area contributed by atoms with Gasteiger partial charge in [0.2, 0.25) is 0 Å². The predicted molar refractivity (Wildman–Crippen MR) is 111 cm³/mol. The van der Waals surface area contributed by atoms with E-state index in [9.17, 15) is 18.3 Å². The summed E-state index contributed by atoms with van der Waals surface area (Å²) in [6.07, 6.45) is 0. The number of carbonyl (C=O) groups excluding carboxylic acids is 1. The van der Waals surface area contributed by atoms with Gasteiger partial charge in [-0.15, -0.1) is 0 Å². The average Bonchev–Trinajstić information content (AvgIpc) is 2.70. The summed E-state index contributed by atoms with van der Waals surface area (Å²) in [6, 6.07) is 17.3. The molecule has 8 heteroatoms. The number of amides is 1. The van der Waals surface area contributed by atoms with Crippen molar-refractivity contribution in [1.29, 1.82) is 0 Å². The minimum atomic E-state index is -3.97. The van der Waals surface area contributed by atoms with Crippen LogP contribution in [0.1, 0.15) is 15.9 Å². The molecule has 29 heavy (non-hydrogen) atoms. The summed E-state index contributed by atoms with van der Waals surface area (Å²) in [4.78, 5) is 12.5. The number of anilines is 2. The van der Waals surface area contributed by atoms with Gasteiger partial charge in [0.05, 0.1) is 23.4 Å². The number of phenolic OH excluding ortho intramolecular Hbond substituents is 1. The second-order valence-corrected chi connectivity index (χ2v) is 7.91. The fourth-order valence-electron chi connectivity index (χ4n) is 2.73. The van der Waals surface area contributed by atoms with Crippen molar-refractivity contribution in [2.75, 3.05) is 17.1 Å². The molecule has 0 bridgehead atoms. The van der Waals surface area contributed by atoms with Crippen molar-refractivity contribution in [1.82, 2.24) is 0 Å². The molecule has 0 aliphatic heterocycles. The summed E-state index contributed by atoms with van der Waals surface area (Å²) in [5.74, 6) is -0.249. The van der Waals surface area contributed by atoms with Gasteiger partial charge in [-0.2, -0.15) is 0 Å². The van der Waals surface area contributed by atoms with Crippen LogP contribution in [-0.2, 0) is 10.0 Å². The van der Waals surface area contributed by atoms with E-state index in [-0.39, 0.29) is 21.9 Å². The SMILES string of the molecule is COc1ccccc1NS(=O)(=O)c1cc(C(=O)Nc2ccccc2O)ccc1C. The third-order valence-corrected chi connectivity index (χ3v) is 5.75. The summed E-state index contributed by atoms with van der Waals surface area (Å²) in [5.41, 5.74) is 1.14. The third kappa shape index (κ3) is 4.49. The average molecular weight is 412 g/mol. The van der Waals surface area contributed by atoms with E-state index < -0.39 is 15.9 Å². The Morgan fingerprint density at radius 1 is 0.966 bits per heavy atom. The van der Waals surface area contributed by atoms with Crippen molar-refractivity contribution in [3.8, 4) is 11.5 Å². The Bertz CT molecular complexity index is 1160. The quantitative estimate of drug-likeness (QED) is 0.535. The van der Waals surface area contributed by atoms with E-state index in [0.29, 0.717) is 17.0 Å². The van der Waals surface area contributed by atoms with E-state index in [4.69, 9.17) is 4.74 Å². The van der Waals surface area contributed by atoms with E-state index in [1.54, 1.807) is 55.5 Å². The number of hydrogen-bond acceptors (Lipinski definition) is 5. The first-order valence-corrected chi connectivity index (χ1v) is 10.2. The highest BCUT2D eigenvalue weighted by molar-refractivity contribution is 7.92. The highest BCUT2D eigenvalue weighted by Crippen LogP contribution is 2.28. The third-order valence-electron chi connectivity index (χ3n) is 4.24. The molecule has 0 atom stereocenters. The number of methoxy groups -OCH3 is 1. The monoisotopic (exact) mass is 412 g/mol. The van der Waals surface area contributed by atoms with Crippen molar-refractivity contribution >= 4 is 27.3 Å². The van der Waals surface area contributed by atoms with Crippen molar-refractivity contribution in [2.24, 2.45) is 0 Å². The number of hydrogen-bond donors (Lipinski definition) is 3. The molecule has 150 valence electrons. The Balaban J connectivity index is 1.92. The first-order valence-electron chi connectivity index (χ1n) is 8.67. The summed E-state index contributed by atoms with van der Waals surface area (Å²) in [7, 11) is -2.53. The van der Waals surface area contributed by atoms with E-state index in [1.165, 1.54) is 25.3 Å². The number of phenols is 1. The van der Waals surface area contributed by atoms with Crippen LogP contribution < -0.4 is 14.8 Å². The summed E-state index contributed by atoms with van der Waals surface area (Å²) >= 11 is 0. The zero-order valence-corrected chi connectivity index (χ0v) is 16.7. The molecule has 3 aromatic rings. The van der Waals surface area contributed by atoms with Gasteiger partial charge in [-0.3, -0.25) is 9.52 Å². The lowest BCUT2D eigenvalue weighted by Gasteiger charge is -2.14. The van der Waals surface area contributed by atoms with Gasteiger partial charge >= 0.3 is 0 Å². The number of aryl methyl sites for hydroxylation is 1. The number of nitrogens with one attached hydrogen (secondary N) is 2. The first kappa shape index (κ1) is 20.2. The molecular weight excluding hydrogens is 392 g/mol. The molecule has 0 fully saturated rings. The van der Waals surface area contributed by atoms with Crippen molar-refractivity contribution in [3.63, 3.8) is 0 Å². The second kappa shape index (κ2) is 8.24. The number of rotatable bonds is 6. The van der Waals surface area contributed by atoms with Gasteiger partial charge < -0.3 is 15.2 Å². The van der Waals surface area contributed by atoms with Crippen LogP contribution in [0.2, 0.25) is 0 Å². The number of benzene rings is 3. The van der Waals surface area contributed by atoms with Gasteiger partial charge in [0.1, 0.15) is 11.5 Å². The predicted octanol–water partition coefficient (Wildman–Crippen LogP) is 3.76. The highest BCUT2D eigenvalue weighted by Gasteiger charge is 2.21. The zero-order chi connectivity index (χ0) is 21.0. The fraction of sp³-hybridized carbons (Fsp3) is 0.0952. The lowest BCUT2D eigenvalue weighted by Crippen LogP contribution is -2.17. The van der Waals surface area contributed by atoms with Crippen molar-refractivity contribution in [2.45, 2.75) is 11.8 Å². The molecule has 0 aliphatic carbocycles. The molecular formula is C21H20N2O5S. The second-order valence-electron chi connectivity index (χ2n) is 6.26. The Labute approximate surface area is 169 Å². The van der Waals surface area contributed by atoms with Crippen LogP contribution in [0, 0.1) is 6.92 Å². The standard InChI is InChI=1S/C21H20N2O5S/c1-14-11-12-15(21(25)22-16-7-3-5-9-18(16)24)13-20(14)29(26,27)23-17-8-4-6-10-19(17)28-2/h3-13,23-24H,1-2H3,(H,22,25). The van der Waals surface area contributed by atoms with Crippen LogP contribution >= 0.6 is 0 Å². The number of sulfonamides is 1. The maximum atomic E-state index is 12.9. The topological polar surface area (TPSA) is 105 Å². The van der Waals surface area contributed by atoms with Crippen LogP contribution in [0.3, 0.4) is 0 Å². The largest absolute Gasteiger partial charge is 0.506 e. The molecule has 0 saturated heterocycles. The van der Waals surface area contributed by atoms with E-state index >= 15 is 0 Å². The van der Waals surface area contributed by atoms with Gasteiger partial charge in [0.15, 0.2) is 0 Å². The summed E-state index contributed by atoms with van der Waals surface area (Å²) < 4.78 is 33.6. The smallest absolute Gasteiger partial charge is 0.262 e. The minimum absolute atomic E-state index is 0.0339. The molecule has 3 aromatic carbocycles. The Hall–Kier alpha value is -3.52. The van der Waals surface area contributed by atoms with Crippen LogP contribution in [0.25, 0.3) is 0 Å². The fourth-order valence-corrected chi connectivity index (χ4v) is 4.08. The summed E-state index contributed by atoms with van der Waals surface area (Å²) in [5, 5.41) is 12.4. The van der Waals surface area contributed by atoms with Crippen molar-refractivity contribution in [3.05, 3.63) is 77.9 Å². The van der Waals surface area contributed by atoms with Gasteiger partial charge in [0, 0.05) is 5.56 Å². The number of para-hydroxylation sites is 4. The molecule has 0 radical (unpaired) electrons. The Morgan fingerprint density at radius 3 is 2.31 bits per heavy atom. The Morgan fingerprint density at radius 2 is 1.62 bits per heavy atom. The summed E-state index contributed by atoms with van der Waals surface area (Å²) in [6.45, 7) is 1.64. The maximum absolute atomic E-state index is 12.9. The minimum Gasteiger partial charge on any atom is -0.506 e. The molecule has 1 amide bonds. The lowest BCUT2D eigenvalue weighted by molar-refractivity contribution is 0.102. The number of carbonyl (C=O) groups is 1. The van der Waals surface area contributed by atoms with Crippen LogP contribution in [0.5, 0.6) is 11.5 Å². The molecule has 3 N–H and O–H groups in total.